The number of nitrogens with zero attached hydrogens (tertiary/aromatic N) is 8. The number of urea groups is 1. The lowest BCUT2D eigenvalue weighted by atomic mass is 10.1. The molecule has 4 atom stereocenters. The molecule has 0 saturated carbocycles. The van der Waals surface area contributed by atoms with Gasteiger partial charge in [-0.3, -0.25) is 8.80 Å². The van der Waals surface area contributed by atoms with Gasteiger partial charge in [0.05, 0.1) is 75.0 Å². The lowest BCUT2D eigenvalue weighted by Crippen LogP contribution is -2.36. The van der Waals surface area contributed by atoms with E-state index in [1.807, 2.05) is 58.2 Å². The molecule has 4 aliphatic rings. The van der Waals surface area contributed by atoms with Crippen LogP contribution in [0.5, 0.6) is 23.0 Å². The Bertz CT molecular complexity index is 3600. The van der Waals surface area contributed by atoms with Crippen molar-refractivity contribution in [2.24, 2.45) is 5.73 Å². The van der Waals surface area contributed by atoms with E-state index in [1.54, 1.807) is 48.9 Å². The molecule has 0 unspecified atom stereocenters. The van der Waals surface area contributed by atoms with Gasteiger partial charge in [0.25, 0.3) is 10.0 Å². The Morgan fingerprint density at radius 1 is 0.725 bits per heavy atom. The quantitative estimate of drug-likeness (QED) is 0.149. The lowest BCUT2D eigenvalue weighted by Gasteiger charge is -2.21. The molecule has 0 spiro atoms. The maximum absolute atomic E-state index is 13.5. The van der Waals surface area contributed by atoms with E-state index in [1.165, 1.54) is 15.1 Å². The molecule has 6 N–H and O–H groups in total. The molecule has 13 rings (SSSR count). The highest BCUT2D eigenvalue weighted by molar-refractivity contribution is 7.90. The van der Waals surface area contributed by atoms with Gasteiger partial charge < -0.3 is 50.1 Å². The molecule has 0 radical (unpaired) electrons. The fourth-order valence-corrected chi connectivity index (χ4v) is 11.0. The van der Waals surface area contributed by atoms with Crippen molar-refractivity contribution in [3.63, 3.8) is 0 Å². The first-order valence-electron chi connectivity index (χ1n) is 22.5. The molecule has 2 fully saturated rings. The molecule has 4 aliphatic heterocycles. The third kappa shape index (κ3) is 7.23. The highest BCUT2D eigenvalue weighted by Gasteiger charge is 2.38. The molecule has 0 aliphatic carbocycles. The largest absolute Gasteiger partial charge is 0.486 e. The number of carbonyl (C=O) groups is 1. The number of aryl methyl sites for hydroxylation is 1. The number of aliphatic hydroxyl groups excluding tert-OH is 2. The van der Waals surface area contributed by atoms with Crippen LogP contribution in [0.4, 0.5) is 4.79 Å². The first-order valence-corrected chi connectivity index (χ1v) is 23.9. The monoisotopic (exact) mass is 951 g/mol. The second-order valence-electron chi connectivity index (χ2n) is 17.4. The van der Waals surface area contributed by atoms with Crippen molar-refractivity contribution in [1.82, 2.24) is 47.9 Å². The Kier molecular flexibility index (Phi) is 10.2. The van der Waals surface area contributed by atoms with E-state index in [-0.39, 0.29) is 17.5 Å². The third-order valence-electron chi connectivity index (χ3n) is 13.0. The van der Waals surface area contributed by atoms with Gasteiger partial charge >= 0.3 is 6.03 Å². The van der Waals surface area contributed by atoms with Crippen LogP contribution in [0.3, 0.4) is 0 Å². The van der Waals surface area contributed by atoms with Crippen LogP contribution in [0.2, 0.25) is 0 Å². The van der Waals surface area contributed by atoms with Crippen molar-refractivity contribution in [3.8, 4) is 45.5 Å². The summed E-state index contributed by atoms with van der Waals surface area (Å²) in [5.74, 6) is 4.00. The zero-order valence-electron chi connectivity index (χ0n) is 37.0. The van der Waals surface area contributed by atoms with E-state index in [2.05, 4.69) is 20.3 Å². The topological polar surface area (TPSA) is 251 Å². The number of β-amino-alcohol motifs (C(OH)–C–C–N with tert-alkyl or cyclic N) is 2. The first-order chi connectivity index (χ1) is 33.5. The van der Waals surface area contributed by atoms with Crippen LogP contribution >= 0.6 is 0 Å². The Hall–Kier alpha value is -7.72. The summed E-state index contributed by atoms with van der Waals surface area (Å²) in [4.78, 5) is 35.9. The molecule has 352 valence electrons. The Morgan fingerprint density at radius 3 is 1.99 bits per heavy atom. The number of nitrogens with one attached hydrogen (secondary N) is 2. The average Bonchev–Trinajstić information content (AvgIpc) is 4.23. The molecule has 3 aromatic carbocycles. The Morgan fingerprint density at radius 2 is 1.35 bits per heavy atom. The zero-order valence-corrected chi connectivity index (χ0v) is 37.8. The maximum atomic E-state index is 13.5. The SMILES string of the molecule is Cc1ccc(S(=O)(=O)n2ccc3c2ncc2c(-c4ccc5c(c4)OCCO5)nc([C@H]4C[C@@H](O)CN4)n23)cc1.NC(=O)N1C[C@H](O)C[C@@H]1c1nc(-c2ccc3c(c2)OCCO3)c2cnc3[nH]ccc3n12. The number of H-pyrrole nitrogens is 1. The van der Waals surface area contributed by atoms with Gasteiger partial charge in [-0.05, 0) is 74.0 Å². The van der Waals surface area contributed by atoms with E-state index in [4.69, 9.17) is 34.6 Å². The standard InChI is InChI=1S/C27H25N5O5S.C21H20N6O4/c1-16-2-5-19(6-3-16)38(34,35)31-9-8-21-27(31)29-15-22-25(17-4-7-23-24(12-17)37-11-10-36-23)30-26(32(21)22)20-13-18(33)14-28-20;22-21(29)26-10-12(28)8-14(26)20-25-18(11-1-2-16-17(7-11)31-6-5-30-16)15-9-24-19-13(27(15)20)3-4-23-19/h2-9,12,15,18,20,28,33H,10-11,13-14H2,1H3;1-4,7,9,12,14,23,28H,5-6,8,10H2,(H2,22,29)/t18-,20-;12-,14-/m11/s1. The van der Waals surface area contributed by atoms with Crippen LogP contribution in [-0.4, -0.2) is 119 Å². The number of aromatic nitrogens is 8. The highest BCUT2D eigenvalue weighted by atomic mass is 32.2. The van der Waals surface area contributed by atoms with Gasteiger partial charge in [0.1, 0.15) is 38.1 Å². The number of imidazole rings is 2. The summed E-state index contributed by atoms with van der Waals surface area (Å²) < 4.78 is 55.0. The molecule has 6 aromatic heterocycles. The summed E-state index contributed by atoms with van der Waals surface area (Å²) in [6.07, 6.45) is 6.43. The number of fused-ring (bicyclic) bond motifs is 8. The fourth-order valence-electron chi connectivity index (χ4n) is 9.72. The number of nitrogens with two attached hydrogens (primary N) is 1. The minimum Gasteiger partial charge on any atom is -0.486 e. The molecule has 0 bridgehead atoms. The molecule has 10 heterocycles. The number of benzene rings is 3. The van der Waals surface area contributed by atoms with Crippen LogP contribution in [0.1, 0.15) is 42.1 Å². The average molecular weight is 952 g/mol. The minimum atomic E-state index is -3.87. The van der Waals surface area contributed by atoms with Crippen LogP contribution in [-0.2, 0) is 10.0 Å². The second-order valence-corrected chi connectivity index (χ2v) is 19.2. The number of likely N-dealkylation sites (tertiary alicyclic amines) is 1. The zero-order chi connectivity index (χ0) is 47.1. The summed E-state index contributed by atoms with van der Waals surface area (Å²) in [5.41, 5.74) is 13.6. The first kappa shape index (κ1) is 42.6. The summed E-state index contributed by atoms with van der Waals surface area (Å²) in [7, 11) is -3.87. The van der Waals surface area contributed by atoms with E-state index in [0.717, 1.165) is 33.2 Å². The molecule has 2 amide bonds. The second kappa shape index (κ2) is 16.5. The number of aliphatic hydroxyl groups is 2. The van der Waals surface area contributed by atoms with E-state index < -0.39 is 34.3 Å². The van der Waals surface area contributed by atoms with Crippen LogP contribution < -0.4 is 30.0 Å². The number of ether oxygens (including phenoxy) is 4. The number of hydrogen-bond acceptors (Lipinski definition) is 14. The van der Waals surface area contributed by atoms with Gasteiger partial charge in [0, 0.05) is 43.0 Å². The van der Waals surface area contributed by atoms with E-state index >= 15 is 0 Å². The maximum Gasteiger partial charge on any atom is 0.315 e. The van der Waals surface area contributed by atoms with Gasteiger partial charge in [-0.2, -0.15) is 0 Å². The van der Waals surface area contributed by atoms with Crippen molar-refractivity contribution in [3.05, 3.63) is 115 Å². The van der Waals surface area contributed by atoms with E-state index in [0.29, 0.717) is 109 Å². The van der Waals surface area contributed by atoms with Gasteiger partial charge in [-0.1, -0.05) is 17.7 Å². The highest BCUT2D eigenvalue weighted by Crippen LogP contribution is 2.41. The van der Waals surface area contributed by atoms with Crippen molar-refractivity contribution in [2.75, 3.05) is 39.5 Å². The molecule has 2 saturated heterocycles. The summed E-state index contributed by atoms with van der Waals surface area (Å²) in [5, 5.41) is 23.8. The van der Waals surface area contributed by atoms with Gasteiger partial charge in [0.2, 0.25) is 0 Å². The van der Waals surface area contributed by atoms with Gasteiger partial charge in [-0.15, -0.1) is 0 Å². The predicted octanol–water partition coefficient (Wildman–Crippen LogP) is 4.90. The molecular formula is C48H45N11O9S. The Balaban J connectivity index is 0.000000146. The molecule has 69 heavy (non-hydrogen) atoms. The Labute approximate surface area is 392 Å². The summed E-state index contributed by atoms with van der Waals surface area (Å²) in [6, 6.07) is 20.5. The number of aromatic amines is 1. The third-order valence-corrected chi connectivity index (χ3v) is 14.7. The summed E-state index contributed by atoms with van der Waals surface area (Å²) in [6.45, 7) is 4.53. The van der Waals surface area contributed by atoms with E-state index in [9.17, 15) is 23.4 Å². The minimum absolute atomic E-state index is 0.176. The van der Waals surface area contributed by atoms with Crippen molar-refractivity contribution in [1.29, 1.82) is 0 Å². The van der Waals surface area contributed by atoms with Crippen LogP contribution in [0, 0.1) is 6.92 Å². The van der Waals surface area contributed by atoms with Gasteiger partial charge in [-0.25, -0.2) is 37.1 Å². The number of carbonyl (C=O) groups excluding carboxylic acids is 1. The fraction of sp³-hybridized carbons (Fsp3) is 0.271. The number of rotatable bonds is 6. The smallest absolute Gasteiger partial charge is 0.315 e. The number of hydrogen-bond donors (Lipinski definition) is 5. The molecule has 21 heteroatoms. The molecule has 20 nitrogen and oxygen atoms in total. The normalized spacial score (nSPS) is 20.0. The summed E-state index contributed by atoms with van der Waals surface area (Å²) >= 11 is 0. The number of amides is 2. The van der Waals surface area contributed by atoms with Crippen LogP contribution in [0.15, 0.2) is 102 Å². The van der Waals surface area contributed by atoms with Crippen molar-refractivity contribution >= 4 is 49.4 Å². The van der Waals surface area contributed by atoms with Crippen LogP contribution in [0.25, 0.3) is 55.9 Å². The molecular weight excluding hydrogens is 907 g/mol. The predicted molar refractivity (Wildman–Crippen MR) is 251 cm³/mol. The molecule has 9 aromatic rings. The lowest BCUT2D eigenvalue weighted by molar-refractivity contribution is 0.171. The van der Waals surface area contributed by atoms with Gasteiger partial charge in [0.15, 0.2) is 34.3 Å². The van der Waals surface area contributed by atoms with Crippen molar-refractivity contribution < 1.29 is 42.4 Å². The van der Waals surface area contributed by atoms with Crippen molar-refractivity contribution in [2.45, 2.75) is 49.0 Å². The number of primary amides is 1.